The van der Waals surface area contributed by atoms with Crippen LogP contribution in [0.1, 0.15) is 57.4 Å². The average molecular weight is 251 g/mol. The Hall–Kier alpha value is -0.340. The molecule has 0 radical (unpaired) electrons. The third-order valence-electron chi connectivity index (χ3n) is 4.27. The zero-order chi connectivity index (χ0) is 12.3. The summed E-state index contributed by atoms with van der Waals surface area (Å²) in [5.74, 6) is 0.787. The van der Waals surface area contributed by atoms with Crippen LogP contribution in [0.3, 0.4) is 0 Å². The molecule has 0 aliphatic heterocycles. The SMILES string of the molecule is CCNC(c1cccs1)C1CCCCC1(C)C. The van der Waals surface area contributed by atoms with Crippen molar-refractivity contribution in [2.24, 2.45) is 11.3 Å². The lowest BCUT2D eigenvalue weighted by Gasteiger charge is -2.43. The van der Waals surface area contributed by atoms with E-state index in [4.69, 9.17) is 0 Å². The van der Waals surface area contributed by atoms with Crippen molar-refractivity contribution in [1.82, 2.24) is 5.32 Å². The second kappa shape index (κ2) is 5.53. The van der Waals surface area contributed by atoms with Crippen LogP contribution in [-0.4, -0.2) is 6.54 Å². The molecular formula is C15H25NS. The zero-order valence-corrected chi connectivity index (χ0v) is 12.1. The predicted molar refractivity (Wildman–Crippen MR) is 76.5 cm³/mol. The summed E-state index contributed by atoms with van der Waals surface area (Å²) in [6, 6.07) is 5.04. The van der Waals surface area contributed by atoms with Gasteiger partial charge in [-0.25, -0.2) is 0 Å². The van der Waals surface area contributed by atoms with Gasteiger partial charge in [-0.3, -0.25) is 0 Å². The number of hydrogen-bond acceptors (Lipinski definition) is 2. The molecule has 1 aromatic rings. The number of rotatable bonds is 4. The highest BCUT2D eigenvalue weighted by molar-refractivity contribution is 7.10. The molecule has 0 amide bonds. The van der Waals surface area contributed by atoms with Crippen molar-refractivity contribution >= 4 is 11.3 Å². The molecule has 0 aromatic carbocycles. The lowest BCUT2D eigenvalue weighted by molar-refractivity contribution is 0.100. The molecule has 1 aromatic heterocycles. The van der Waals surface area contributed by atoms with E-state index in [0.717, 1.165) is 12.5 Å². The molecule has 1 aliphatic carbocycles. The normalized spacial score (nSPS) is 25.7. The van der Waals surface area contributed by atoms with E-state index >= 15 is 0 Å². The molecule has 1 aliphatic rings. The summed E-state index contributed by atoms with van der Waals surface area (Å²) < 4.78 is 0. The Labute approximate surface area is 110 Å². The lowest BCUT2D eigenvalue weighted by Crippen LogP contribution is -2.38. The summed E-state index contributed by atoms with van der Waals surface area (Å²) in [7, 11) is 0. The Bertz CT molecular complexity index is 329. The first-order valence-corrected chi connectivity index (χ1v) is 7.80. The summed E-state index contributed by atoms with van der Waals surface area (Å²) in [4.78, 5) is 1.52. The fourth-order valence-corrected chi connectivity index (χ4v) is 4.13. The molecule has 1 heterocycles. The van der Waals surface area contributed by atoms with Crippen molar-refractivity contribution in [1.29, 1.82) is 0 Å². The number of hydrogen-bond donors (Lipinski definition) is 1. The summed E-state index contributed by atoms with van der Waals surface area (Å²) in [5, 5.41) is 5.92. The fraction of sp³-hybridized carbons (Fsp3) is 0.733. The predicted octanol–water partition coefficient (Wildman–Crippen LogP) is 4.62. The fourth-order valence-electron chi connectivity index (χ4n) is 3.27. The summed E-state index contributed by atoms with van der Waals surface area (Å²) in [5.41, 5.74) is 0.481. The van der Waals surface area contributed by atoms with Crippen LogP contribution in [0.25, 0.3) is 0 Å². The molecule has 2 atom stereocenters. The van der Waals surface area contributed by atoms with Crippen LogP contribution in [0, 0.1) is 11.3 Å². The Morgan fingerprint density at radius 1 is 1.47 bits per heavy atom. The molecule has 17 heavy (non-hydrogen) atoms. The molecule has 2 unspecified atom stereocenters. The topological polar surface area (TPSA) is 12.0 Å². The molecule has 1 fully saturated rings. The van der Waals surface area contributed by atoms with Gasteiger partial charge in [0, 0.05) is 10.9 Å². The van der Waals surface area contributed by atoms with E-state index in [0.29, 0.717) is 11.5 Å². The third kappa shape index (κ3) is 2.92. The molecule has 1 N–H and O–H groups in total. The van der Waals surface area contributed by atoms with Gasteiger partial charge in [-0.1, -0.05) is 39.7 Å². The minimum Gasteiger partial charge on any atom is -0.309 e. The average Bonchev–Trinajstić information content (AvgIpc) is 2.79. The Kier molecular flexibility index (Phi) is 4.26. The monoisotopic (exact) mass is 251 g/mol. The molecule has 0 spiro atoms. The molecule has 1 nitrogen and oxygen atoms in total. The van der Waals surface area contributed by atoms with E-state index in [1.165, 1.54) is 30.6 Å². The molecule has 1 saturated carbocycles. The molecular weight excluding hydrogens is 226 g/mol. The van der Waals surface area contributed by atoms with Crippen LogP contribution < -0.4 is 5.32 Å². The van der Waals surface area contributed by atoms with Gasteiger partial charge in [0.1, 0.15) is 0 Å². The van der Waals surface area contributed by atoms with Gasteiger partial charge in [-0.2, -0.15) is 0 Å². The van der Waals surface area contributed by atoms with Crippen molar-refractivity contribution in [2.45, 2.75) is 52.5 Å². The first-order chi connectivity index (χ1) is 8.15. The van der Waals surface area contributed by atoms with Crippen LogP contribution in [-0.2, 0) is 0 Å². The summed E-state index contributed by atoms with van der Waals surface area (Å²) in [6.07, 6.45) is 5.57. The van der Waals surface area contributed by atoms with Crippen LogP contribution in [0.5, 0.6) is 0 Å². The Balaban J connectivity index is 2.20. The smallest absolute Gasteiger partial charge is 0.0448 e. The van der Waals surface area contributed by atoms with Crippen molar-refractivity contribution in [3.63, 3.8) is 0 Å². The quantitative estimate of drug-likeness (QED) is 0.823. The number of thiophene rings is 1. The van der Waals surface area contributed by atoms with Gasteiger partial charge in [0.25, 0.3) is 0 Å². The minimum absolute atomic E-state index is 0.481. The van der Waals surface area contributed by atoms with Crippen LogP contribution in [0.15, 0.2) is 17.5 Å². The van der Waals surface area contributed by atoms with E-state index in [2.05, 4.69) is 43.6 Å². The molecule has 96 valence electrons. The van der Waals surface area contributed by atoms with Gasteiger partial charge >= 0.3 is 0 Å². The summed E-state index contributed by atoms with van der Waals surface area (Å²) >= 11 is 1.90. The van der Waals surface area contributed by atoms with Crippen molar-refractivity contribution in [3.05, 3.63) is 22.4 Å². The van der Waals surface area contributed by atoms with Gasteiger partial charge < -0.3 is 5.32 Å². The second-order valence-electron chi connectivity index (χ2n) is 5.89. The molecule has 0 saturated heterocycles. The zero-order valence-electron chi connectivity index (χ0n) is 11.3. The second-order valence-corrected chi connectivity index (χ2v) is 6.87. The van der Waals surface area contributed by atoms with Gasteiger partial charge in [0.05, 0.1) is 0 Å². The lowest BCUT2D eigenvalue weighted by atomic mass is 9.65. The first kappa shape index (κ1) is 13.1. The highest BCUT2D eigenvalue weighted by Gasteiger charge is 2.38. The molecule has 2 heteroatoms. The Morgan fingerprint density at radius 3 is 2.88 bits per heavy atom. The maximum absolute atomic E-state index is 3.72. The third-order valence-corrected chi connectivity index (χ3v) is 5.22. The maximum atomic E-state index is 3.72. The molecule has 2 rings (SSSR count). The van der Waals surface area contributed by atoms with Gasteiger partial charge in [-0.05, 0) is 42.2 Å². The van der Waals surface area contributed by atoms with E-state index in [1.807, 2.05) is 11.3 Å². The van der Waals surface area contributed by atoms with Crippen molar-refractivity contribution in [3.8, 4) is 0 Å². The van der Waals surface area contributed by atoms with Gasteiger partial charge in [0.15, 0.2) is 0 Å². The van der Waals surface area contributed by atoms with Crippen LogP contribution in [0.2, 0.25) is 0 Å². The number of nitrogens with one attached hydrogen (secondary N) is 1. The van der Waals surface area contributed by atoms with Crippen molar-refractivity contribution < 1.29 is 0 Å². The molecule has 0 bridgehead atoms. The maximum Gasteiger partial charge on any atom is 0.0448 e. The van der Waals surface area contributed by atoms with E-state index in [-0.39, 0.29) is 0 Å². The standard InChI is InChI=1S/C15H25NS/c1-4-16-14(13-9-7-11-17-13)12-8-5-6-10-15(12,2)3/h7,9,11-12,14,16H,4-6,8,10H2,1-3H3. The summed E-state index contributed by atoms with van der Waals surface area (Å²) in [6.45, 7) is 8.19. The van der Waals surface area contributed by atoms with Crippen molar-refractivity contribution in [2.75, 3.05) is 6.54 Å². The van der Waals surface area contributed by atoms with Crippen LogP contribution in [0.4, 0.5) is 0 Å². The largest absolute Gasteiger partial charge is 0.309 e. The van der Waals surface area contributed by atoms with Gasteiger partial charge in [0.2, 0.25) is 0 Å². The van der Waals surface area contributed by atoms with Gasteiger partial charge in [-0.15, -0.1) is 11.3 Å². The van der Waals surface area contributed by atoms with E-state index < -0.39 is 0 Å². The first-order valence-electron chi connectivity index (χ1n) is 6.92. The van der Waals surface area contributed by atoms with E-state index in [1.54, 1.807) is 0 Å². The highest BCUT2D eigenvalue weighted by atomic mass is 32.1. The minimum atomic E-state index is 0.481. The highest BCUT2D eigenvalue weighted by Crippen LogP contribution is 2.47. The van der Waals surface area contributed by atoms with Crippen LogP contribution >= 0.6 is 11.3 Å². The Morgan fingerprint density at radius 2 is 2.29 bits per heavy atom. The van der Waals surface area contributed by atoms with E-state index in [9.17, 15) is 0 Å².